The number of nitrogens with zero attached hydrogens (tertiary/aromatic N) is 2. The van der Waals surface area contributed by atoms with E-state index < -0.39 is 0 Å². The first-order chi connectivity index (χ1) is 11.7. The van der Waals surface area contributed by atoms with Gasteiger partial charge in [0.05, 0.1) is 13.5 Å². The van der Waals surface area contributed by atoms with Crippen molar-refractivity contribution in [3.05, 3.63) is 29.8 Å². The Balaban J connectivity index is 1.63. The van der Waals surface area contributed by atoms with Crippen molar-refractivity contribution < 1.29 is 9.53 Å². The third-order valence-electron chi connectivity index (χ3n) is 5.71. The number of ether oxygens (including phenoxy) is 1. The zero-order valence-corrected chi connectivity index (χ0v) is 15.0. The van der Waals surface area contributed by atoms with Gasteiger partial charge < -0.3 is 9.64 Å². The minimum atomic E-state index is 0.233. The van der Waals surface area contributed by atoms with E-state index in [0.717, 1.165) is 17.7 Å². The molecule has 132 valence electrons. The molecule has 0 N–H and O–H groups in total. The van der Waals surface area contributed by atoms with Crippen molar-refractivity contribution in [1.29, 1.82) is 0 Å². The van der Waals surface area contributed by atoms with Gasteiger partial charge in [0, 0.05) is 19.1 Å². The minimum absolute atomic E-state index is 0.233. The fourth-order valence-electron chi connectivity index (χ4n) is 4.27. The number of hydrogen-bond donors (Lipinski definition) is 0. The van der Waals surface area contributed by atoms with Crippen LogP contribution in [0.3, 0.4) is 0 Å². The Morgan fingerprint density at radius 3 is 2.46 bits per heavy atom. The molecule has 4 heteroatoms. The van der Waals surface area contributed by atoms with E-state index in [2.05, 4.69) is 4.90 Å². The molecule has 4 nitrogen and oxygen atoms in total. The SMILES string of the molecule is COc1ccc(CC(=O)N(C)C2CCCCC2N2CCCC2)cc1. The van der Waals surface area contributed by atoms with E-state index in [9.17, 15) is 4.79 Å². The molecule has 1 amide bonds. The van der Waals surface area contributed by atoms with Crippen molar-refractivity contribution in [3.8, 4) is 5.75 Å². The van der Waals surface area contributed by atoms with Gasteiger partial charge in [-0.25, -0.2) is 0 Å². The summed E-state index contributed by atoms with van der Waals surface area (Å²) in [4.78, 5) is 17.5. The lowest BCUT2D eigenvalue weighted by molar-refractivity contribution is -0.133. The molecular formula is C20H30N2O2. The number of amides is 1. The molecule has 3 rings (SSSR count). The number of likely N-dealkylation sites (N-methyl/N-ethyl adjacent to an activating group) is 1. The van der Waals surface area contributed by atoms with Gasteiger partial charge in [-0.3, -0.25) is 9.69 Å². The number of carbonyl (C=O) groups excluding carboxylic acids is 1. The van der Waals surface area contributed by atoms with Crippen LogP contribution in [-0.2, 0) is 11.2 Å². The van der Waals surface area contributed by atoms with Crippen LogP contribution >= 0.6 is 0 Å². The zero-order chi connectivity index (χ0) is 16.9. The van der Waals surface area contributed by atoms with Gasteiger partial charge in [-0.1, -0.05) is 25.0 Å². The van der Waals surface area contributed by atoms with Crippen LogP contribution in [0.1, 0.15) is 44.1 Å². The summed E-state index contributed by atoms with van der Waals surface area (Å²) in [6, 6.07) is 8.77. The van der Waals surface area contributed by atoms with Gasteiger partial charge >= 0.3 is 0 Å². The maximum absolute atomic E-state index is 12.8. The molecule has 24 heavy (non-hydrogen) atoms. The van der Waals surface area contributed by atoms with Crippen LogP contribution in [0.5, 0.6) is 5.75 Å². The van der Waals surface area contributed by atoms with Crippen molar-refractivity contribution in [2.75, 3.05) is 27.2 Å². The molecule has 2 fully saturated rings. The molecule has 0 spiro atoms. The first-order valence-corrected chi connectivity index (χ1v) is 9.31. The molecule has 1 heterocycles. The Bertz CT molecular complexity index is 537. The standard InChI is InChI=1S/C20H30N2O2/c1-21(20(23)15-16-9-11-17(24-2)12-10-16)18-7-3-4-8-19(18)22-13-5-6-14-22/h9-12,18-19H,3-8,13-15H2,1-2H3. The number of benzene rings is 1. The van der Waals surface area contributed by atoms with Gasteiger partial charge in [-0.2, -0.15) is 0 Å². The van der Waals surface area contributed by atoms with E-state index in [4.69, 9.17) is 4.74 Å². The summed E-state index contributed by atoms with van der Waals surface area (Å²) >= 11 is 0. The van der Waals surface area contributed by atoms with Crippen LogP contribution in [0.15, 0.2) is 24.3 Å². The second-order valence-corrected chi connectivity index (χ2v) is 7.19. The van der Waals surface area contributed by atoms with Crippen molar-refractivity contribution in [2.24, 2.45) is 0 Å². The number of rotatable bonds is 5. The molecule has 0 radical (unpaired) electrons. The van der Waals surface area contributed by atoms with Crippen LogP contribution in [0.4, 0.5) is 0 Å². The second kappa shape index (κ2) is 8.02. The lowest BCUT2D eigenvalue weighted by Gasteiger charge is -2.42. The van der Waals surface area contributed by atoms with E-state index >= 15 is 0 Å². The molecule has 1 aromatic rings. The summed E-state index contributed by atoms with van der Waals surface area (Å²) in [5.74, 6) is 1.07. The molecule has 0 aromatic heterocycles. The summed E-state index contributed by atoms with van der Waals surface area (Å²) in [6.45, 7) is 2.42. The number of carbonyl (C=O) groups is 1. The molecular weight excluding hydrogens is 300 g/mol. The Labute approximate surface area is 145 Å². The van der Waals surface area contributed by atoms with Gasteiger partial charge in [0.2, 0.25) is 5.91 Å². The molecule has 1 aromatic carbocycles. The van der Waals surface area contributed by atoms with Crippen molar-refractivity contribution in [2.45, 2.75) is 57.0 Å². The normalized spacial score (nSPS) is 24.8. The van der Waals surface area contributed by atoms with Gasteiger partial charge in [-0.05, 0) is 56.5 Å². The summed E-state index contributed by atoms with van der Waals surface area (Å²) < 4.78 is 5.19. The van der Waals surface area contributed by atoms with E-state index in [-0.39, 0.29) is 5.91 Å². The fraction of sp³-hybridized carbons (Fsp3) is 0.650. The van der Waals surface area contributed by atoms with Gasteiger partial charge in [-0.15, -0.1) is 0 Å². The highest BCUT2D eigenvalue weighted by atomic mass is 16.5. The summed E-state index contributed by atoms with van der Waals surface area (Å²) in [5, 5.41) is 0. The first-order valence-electron chi connectivity index (χ1n) is 9.31. The Hall–Kier alpha value is -1.55. The van der Waals surface area contributed by atoms with E-state index in [0.29, 0.717) is 18.5 Å². The molecule has 2 aliphatic rings. The quantitative estimate of drug-likeness (QED) is 0.832. The Morgan fingerprint density at radius 1 is 1.12 bits per heavy atom. The van der Waals surface area contributed by atoms with Gasteiger partial charge in [0.25, 0.3) is 0 Å². The monoisotopic (exact) mass is 330 g/mol. The summed E-state index contributed by atoms with van der Waals surface area (Å²) in [5.41, 5.74) is 1.06. The van der Waals surface area contributed by atoms with Crippen LogP contribution in [0, 0.1) is 0 Å². The number of hydrogen-bond acceptors (Lipinski definition) is 3. The van der Waals surface area contributed by atoms with Gasteiger partial charge in [0.1, 0.15) is 5.75 Å². The highest BCUT2D eigenvalue weighted by Gasteiger charge is 2.35. The fourth-order valence-corrected chi connectivity index (χ4v) is 4.27. The minimum Gasteiger partial charge on any atom is -0.497 e. The molecule has 2 atom stereocenters. The van der Waals surface area contributed by atoms with Crippen molar-refractivity contribution in [3.63, 3.8) is 0 Å². The van der Waals surface area contributed by atoms with E-state index in [1.807, 2.05) is 36.2 Å². The predicted molar refractivity (Wildman–Crippen MR) is 96.3 cm³/mol. The molecule has 2 unspecified atom stereocenters. The topological polar surface area (TPSA) is 32.8 Å². The third-order valence-corrected chi connectivity index (χ3v) is 5.71. The van der Waals surface area contributed by atoms with E-state index in [1.165, 1.54) is 45.2 Å². The molecule has 1 saturated carbocycles. The highest BCUT2D eigenvalue weighted by Crippen LogP contribution is 2.29. The van der Waals surface area contributed by atoms with Crippen molar-refractivity contribution in [1.82, 2.24) is 9.80 Å². The average Bonchev–Trinajstić information content (AvgIpc) is 3.16. The molecule has 1 aliphatic carbocycles. The zero-order valence-electron chi connectivity index (χ0n) is 15.0. The average molecular weight is 330 g/mol. The number of likely N-dealkylation sites (tertiary alicyclic amines) is 1. The molecule has 1 aliphatic heterocycles. The van der Waals surface area contributed by atoms with Crippen LogP contribution in [0.2, 0.25) is 0 Å². The summed E-state index contributed by atoms with van der Waals surface area (Å²) in [6.07, 6.45) is 8.04. The lowest BCUT2D eigenvalue weighted by atomic mass is 9.88. The van der Waals surface area contributed by atoms with E-state index in [1.54, 1.807) is 7.11 Å². The summed E-state index contributed by atoms with van der Waals surface area (Å²) in [7, 11) is 3.67. The Morgan fingerprint density at radius 2 is 1.79 bits per heavy atom. The van der Waals surface area contributed by atoms with Crippen LogP contribution in [0.25, 0.3) is 0 Å². The maximum atomic E-state index is 12.8. The molecule has 1 saturated heterocycles. The lowest BCUT2D eigenvalue weighted by Crippen LogP contribution is -2.53. The first kappa shape index (κ1) is 17.3. The second-order valence-electron chi connectivity index (χ2n) is 7.19. The third kappa shape index (κ3) is 3.92. The largest absolute Gasteiger partial charge is 0.497 e. The van der Waals surface area contributed by atoms with Crippen molar-refractivity contribution >= 4 is 5.91 Å². The smallest absolute Gasteiger partial charge is 0.227 e. The number of methoxy groups -OCH3 is 1. The maximum Gasteiger partial charge on any atom is 0.227 e. The predicted octanol–water partition coefficient (Wildman–Crippen LogP) is 3.10. The van der Waals surface area contributed by atoms with Gasteiger partial charge in [0.15, 0.2) is 0 Å². The molecule has 0 bridgehead atoms. The Kier molecular flexibility index (Phi) is 5.77. The highest BCUT2D eigenvalue weighted by molar-refractivity contribution is 5.79. The van der Waals surface area contributed by atoms with Crippen LogP contribution in [-0.4, -0.2) is 55.0 Å². The van der Waals surface area contributed by atoms with Crippen LogP contribution < -0.4 is 4.74 Å².